The number of sulfonamides is 1. The Morgan fingerprint density at radius 2 is 1.68 bits per heavy atom. The molecule has 3 rings (SSSR count). The Bertz CT molecular complexity index is 894. The zero-order valence-electron chi connectivity index (χ0n) is 14.6. The average Bonchev–Trinajstić information content (AvgIpc) is 2.60. The van der Waals surface area contributed by atoms with Crippen molar-refractivity contribution in [2.24, 2.45) is 0 Å². The first kappa shape index (κ1) is 17.6. The van der Waals surface area contributed by atoms with Gasteiger partial charge in [-0.1, -0.05) is 30.3 Å². The molecule has 0 radical (unpaired) electrons. The minimum Gasteiger partial charge on any atom is -0.309 e. The van der Waals surface area contributed by atoms with Gasteiger partial charge in [-0.15, -0.1) is 0 Å². The topological polar surface area (TPSA) is 57.7 Å². The standard InChI is InChI=1S/C19H22N2O3S/c1-14-9-10-15(2)18(13-14)20-11-12-21(16(3)19(20)22)25(23,24)17-7-5-4-6-8-17/h4-10,13,16H,11-12H2,1-3H3/t16-/m0/s1. The molecule has 0 saturated carbocycles. The van der Waals surface area contributed by atoms with Gasteiger partial charge < -0.3 is 4.90 Å². The second kappa shape index (κ2) is 6.61. The lowest BCUT2D eigenvalue weighted by Crippen LogP contribution is -2.57. The SMILES string of the molecule is Cc1ccc(C)c(N2CCN(S(=O)(=O)c3ccccc3)[C@@H](C)C2=O)c1. The van der Waals surface area contributed by atoms with E-state index in [1.54, 1.807) is 42.2 Å². The highest BCUT2D eigenvalue weighted by atomic mass is 32.2. The van der Waals surface area contributed by atoms with Gasteiger partial charge in [-0.25, -0.2) is 8.42 Å². The summed E-state index contributed by atoms with van der Waals surface area (Å²) in [6.07, 6.45) is 0. The molecule has 0 unspecified atom stereocenters. The van der Waals surface area contributed by atoms with Gasteiger partial charge in [-0.2, -0.15) is 4.31 Å². The maximum atomic E-state index is 12.9. The zero-order chi connectivity index (χ0) is 18.2. The minimum atomic E-state index is -3.68. The highest BCUT2D eigenvalue weighted by Crippen LogP contribution is 2.28. The molecule has 1 saturated heterocycles. The summed E-state index contributed by atoms with van der Waals surface area (Å²) in [5.41, 5.74) is 2.93. The van der Waals surface area contributed by atoms with E-state index in [9.17, 15) is 13.2 Å². The Morgan fingerprint density at radius 3 is 2.36 bits per heavy atom. The number of benzene rings is 2. The first-order chi connectivity index (χ1) is 11.8. The molecule has 6 heteroatoms. The number of hydrogen-bond donors (Lipinski definition) is 0. The van der Waals surface area contributed by atoms with Gasteiger partial charge in [0.15, 0.2) is 0 Å². The Balaban J connectivity index is 1.91. The van der Waals surface area contributed by atoms with E-state index in [1.165, 1.54) is 4.31 Å². The summed E-state index contributed by atoms with van der Waals surface area (Å²) in [6, 6.07) is 13.5. The Morgan fingerprint density at radius 1 is 1.00 bits per heavy atom. The second-order valence-electron chi connectivity index (χ2n) is 6.38. The summed E-state index contributed by atoms with van der Waals surface area (Å²) in [5, 5.41) is 0. The van der Waals surface area contributed by atoms with Crippen LogP contribution in [0.3, 0.4) is 0 Å². The van der Waals surface area contributed by atoms with Crippen LogP contribution < -0.4 is 4.90 Å². The number of amides is 1. The third-order valence-electron chi connectivity index (χ3n) is 4.60. The first-order valence-corrected chi connectivity index (χ1v) is 9.72. The molecule has 25 heavy (non-hydrogen) atoms. The maximum absolute atomic E-state index is 12.9. The summed E-state index contributed by atoms with van der Waals surface area (Å²) >= 11 is 0. The van der Waals surface area contributed by atoms with E-state index in [-0.39, 0.29) is 17.3 Å². The number of carbonyl (C=O) groups excluding carboxylic acids is 1. The Hall–Kier alpha value is -2.18. The highest BCUT2D eigenvalue weighted by molar-refractivity contribution is 7.89. The van der Waals surface area contributed by atoms with Crippen LogP contribution in [-0.2, 0) is 14.8 Å². The molecular weight excluding hydrogens is 336 g/mol. The lowest BCUT2D eigenvalue weighted by atomic mass is 10.1. The van der Waals surface area contributed by atoms with E-state index < -0.39 is 16.1 Å². The van der Waals surface area contributed by atoms with Gasteiger partial charge in [0, 0.05) is 18.8 Å². The number of aryl methyl sites for hydroxylation is 2. The van der Waals surface area contributed by atoms with Crippen molar-refractivity contribution in [3.63, 3.8) is 0 Å². The van der Waals surface area contributed by atoms with Gasteiger partial charge in [0.2, 0.25) is 15.9 Å². The molecule has 2 aromatic carbocycles. The summed E-state index contributed by atoms with van der Waals surface area (Å²) in [4.78, 5) is 14.8. The van der Waals surface area contributed by atoms with Crippen LogP contribution in [0.5, 0.6) is 0 Å². The molecule has 0 N–H and O–H groups in total. The van der Waals surface area contributed by atoms with Gasteiger partial charge in [0.1, 0.15) is 6.04 Å². The van der Waals surface area contributed by atoms with Gasteiger partial charge in [0.05, 0.1) is 4.90 Å². The van der Waals surface area contributed by atoms with Crippen LogP contribution >= 0.6 is 0 Å². The molecule has 0 spiro atoms. The number of piperazine rings is 1. The molecule has 1 fully saturated rings. The molecule has 1 atom stereocenters. The normalized spacial score (nSPS) is 19.2. The summed E-state index contributed by atoms with van der Waals surface area (Å²) in [5.74, 6) is -0.195. The number of hydrogen-bond acceptors (Lipinski definition) is 3. The van der Waals surface area contributed by atoms with Crippen LogP contribution in [0, 0.1) is 13.8 Å². The summed E-state index contributed by atoms with van der Waals surface area (Å²) < 4.78 is 27.0. The molecule has 1 amide bonds. The molecule has 0 aliphatic carbocycles. The van der Waals surface area contributed by atoms with Crippen molar-refractivity contribution in [3.05, 3.63) is 59.7 Å². The number of anilines is 1. The third kappa shape index (κ3) is 3.19. The van der Waals surface area contributed by atoms with Gasteiger partial charge in [-0.3, -0.25) is 4.79 Å². The first-order valence-electron chi connectivity index (χ1n) is 8.28. The van der Waals surface area contributed by atoms with Gasteiger partial charge in [0.25, 0.3) is 0 Å². The van der Waals surface area contributed by atoms with E-state index in [0.717, 1.165) is 16.8 Å². The Kier molecular flexibility index (Phi) is 4.67. The summed E-state index contributed by atoms with van der Waals surface area (Å²) in [6.45, 7) is 6.21. The average molecular weight is 358 g/mol. The maximum Gasteiger partial charge on any atom is 0.245 e. The lowest BCUT2D eigenvalue weighted by molar-refractivity contribution is -0.123. The van der Waals surface area contributed by atoms with Crippen LogP contribution in [0.4, 0.5) is 5.69 Å². The fraction of sp³-hybridized carbons (Fsp3) is 0.316. The van der Waals surface area contributed by atoms with Gasteiger partial charge >= 0.3 is 0 Å². The monoisotopic (exact) mass is 358 g/mol. The van der Waals surface area contributed by atoms with Crippen LogP contribution in [-0.4, -0.2) is 37.8 Å². The van der Waals surface area contributed by atoms with Crippen molar-refractivity contribution >= 4 is 21.6 Å². The van der Waals surface area contributed by atoms with E-state index in [0.29, 0.717) is 6.54 Å². The molecule has 0 bridgehead atoms. The molecule has 1 heterocycles. The predicted molar refractivity (Wildman–Crippen MR) is 98.1 cm³/mol. The molecule has 0 aromatic heterocycles. The van der Waals surface area contributed by atoms with E-state index in [1.807, 2.05) is 32.0 Å². The van der Waals surface area contributed by atoms with Crippen LogP contribution in [0.1, 0.15) is 18.1 Å². The molecule has 1 aliphatic rings. The largest absolute Gasteiger partial charge is 0.309 e. The van der Waals surface area contributed by atoms with E-state index >= 15 is 0 Å². The lowest BCUT2D eigenvalue weighted by Gasteiger charge is -2.38. The van der Waals surface area contributed by atoms with Crippen molar-refractivity contribution in [2.45, 2.75) is 31.7 Å². The number of carbonyl (C=O) groups is 1. The second-order valence-corrected chi connectivity index (χ2v) is 8.28. The summed E-state index contributed by atoms with van der Waals surface area (Å²) in [7, 11) is -3.68. The number of nitrogens with zero attached hydrogens (tertiary/aromatic N) is 2. The predicted octanol–water partition coefficient (Wildman–Crippen LogP) is 2.73. The zero-order valence-corrected chi connectivity index (χ0v) is 15.5. The smallest absolute Gasteiger partial charge is 0.245 e. The molecular formula is C19H22N2O3S. The van der Waals surface area contributed by atoms with Crippen LogP contribution in [0.25, 0.3) is 0 Å². The highest BCUT2D eigenvalue weighted by Gasteiger charge is 2.39. The van der Waals surface area contributed by atoms with Crippen molar-refractivity contribution in [1.82, 2.24) is 4.31 Å². The third-order valence-corrected chi connectivity index (χ3v) is 6.59. The molecule has 132 valence electrons. The van der Waals surface area contributed by atoms with E-state index in [4.69, 9.17) is 0 Å². The molecule has 2 aromatic rings. The quantitative estimate of drug-likeness (QED) is 0.848. The van der Waals surface area contributed by atoms with E-state index in [2.05, 4.69) is 0 Å². The Labute approximate surface area is 148 Å². The fourth-order valence-electron chi connectivity index (χ4n) is 3.16. The molecule has 5 nitrogen and oxygen atoms in total. The van der Waals surface area contributed by atoms with Crippen LogP contribution in [0.2, 0.25) is 0 Å². The van der Waals surface area contributed by atoms with Gasteiger partial charge in [-0.05, 0) is 50.1 Å². The van der Waals surface area contributed by atoms with Crippen LogP contribution in [0.15, 0.2) is 53.4 Å². The fourth-order valence-corrected chi connectivity index (χ4v) is 4.76. The van der Waals surface area contributed by atoms with Crippen molar-refractivity contribution in [2.75, 3.05) is 18.0 Å². The van der Waals surface area contributed by atoms with Crippen molar-refractivity contribution < 1.29 is 13.2 Å². The molecule has 1 aliphatic heterocycles. The minimum absolute atomic E-state index is 0.195. The van der Waals surface area contributed by atoms with Crippen molar-refractivity contribution in [3.8, 4) is 0 Å². The number of rotatable bonds is 3. The van der Waals surface area contributed by atoms with Crippen molar-refractivity contribution in [1.29, 1.82) is 0 Å².